The molecule has 0 saturated carbocycles. The highest BCUT2D eigenvalue weighted by Crippen LogP contribution is 2.25. The first-order valence-corrected chi connectivity index (χ1v) is 8.95. The van der Waals surface area contributed by atoms with E-state index in [1.165, 1.54) is 9.09 Å². The van der Waals surface area contributed by atoms with Crippen molar-refractivity contribution in [2.24, 2.45) is 0 Å². The Kier molecular flexibility index (Phi) is 5.91. The molecule has 2 aromatic rings. The molecule has 0 saturated heterocycles. The molecule has 1 heterocycles. The molecule has 0 radical (unpaired) electrons. The first kappa shape index (κ1) is 17.0. The molecule has 1 aromatic carbocycles. The summed E-state index contributed by atoms with van der Waals surface area (Å²) in [5, 5.41) is -0.0797. The van der Waals surface area contributed by atoms with Gasteiger partial charge in [-0.3, -0.25) is 0 Å². The molecule has 0 aliphatic carbocycles. The second-order valence-corrected chi connectivity index (χ2v) is 7.51. The van der Waals surface area contributed by atoms with Crippen LogP contribution in [0.5, 0.6) is 0 Å². The van der Waals surface area contributed by atoms with Crippen LogP contribution in [0.25, 0.3) is 11.0 Å². The Morgan fingerprint density at radius 2 is 2.10 bits per heavy atom. The van der Waals surface area contributed by atoms with E-state index >= 15 is 0 Å². The molecule has 0 aliphatic rings. The Hall–Kier alpha value is -0.330. The Labute approximate surface area is 145 Å². The summed E-state index contributed by atoms with van der Waals surface area (Å²) in [7, 11) is 2.18. The molecule has 2 rings (SSSR count). The van der Waals surface area contributed by atoms with Gasteiger partial charge in [0.2, 0.25) is 0 Å². The zero-order valence-corrected chi connectivity index (χ0v) is 16.0. The summed E-state index contributed by atoms with van der Waals surface area (Å²) >= 11 is 8.65. The first-order chi connectivity index (χ1) is 9.93. The maximum Gasteiger partial charge on any atom is 0.127 e. The lowest BCUT2D eigenvalue weighted by molar-refractivity contribution is 0.242. The average Bonchev–Trinajstić information content (AvgIpc) is 2.81. The van der Waals surface area contributed by atoms with Crippen molar-refractivity contribution in [1.82, 2.24) is 14.5 Å². The van der Waals surface area contributed by atoms with Gasteiger partial charge in [0.25, 0.3) is 0 Å². The molecular formula is C16H23ClIN3. The van der Waals surface area contributed by atoms with Gasteiger partial charge in [0.1, 0.15) is 5.82 Å². The Bertz CT molecular complexity index is 609. The second-order valence-electron chi connectivity index (χ2n) is 5.61. The molecule has 0 fully saturated rings. The number of halogens is 2. The first-order valence-electron chi connectivity index (χ1n) is 7.44. The van der Waals surface area contributed by atoms with Crippen LogP contribution >= 0.6 is 34.2 Å². The van der Waals surface area contributed by atoms with Gasteiger partial charge in [0.15, 0.2) is 0 Å². The summed E-state index contributed by atoms with van der Waals surface area (Å²) in [5.74, 6) is 0.964. The quantitative estimate of drug-likeness (QED) is 0.501. The highest BCUT2D eigenvalue weighted by atomic mass is 127. The highest BCUT2D eigenvalue weighted by molar-refractivity contribution is 14.1. The summed E-state index contributed by atoms with van der Waals surface area (Å²) in [4.78, 5) is 7.11. The Morgan fingerprint density at radius 3 is 2.71 bits per heavy atom. The predicted octanol–water partition coefficient (Wildman–Crippen LogP) is 4.67. The third-order valence-electron chi connectivity index (χ3n) is 4.12. The fraction of sp³-hybridized carbons (Fsp3) is 0.562. The van der Waals surface area contributed by atoms with Crippen molar-refractivity contribution < 1.29 is 0 Å². The lowest BCUT2D eigenvalue weighted by Gasteiger charge is -2.24. The molecule has 2 unspecified atom stereocenters. The minimum atomic E-state index is -0.0797. The Morgan fingerprint density at radius 1 is 1.38 bits per heavy atom. The molecule has 21 heavy (non-hydrogen) atoms. The normalized spacial score (nSPS) is 14.8. The van der Waals surface area contributed by atoms with E-state index in [2.05, 4.69) is 71.2 Å². The van der Waals surface area contributed by atoms with E-state index in [4.69, 9.17) is 16.6 Å². The molecule has 1 aromatic heterocycles. The molecule has 5 heteroatoms. The third-order valence-corrected chi connectivity index (χ3v) is 4.98. The molecule has 0 N–H and O–H groups in total. The van der Waals surface area contributed by atoms with E-state index in [9.17, 15) is 0 Å². The fourth-order valence-electron chi connectivity index (χ4n) is 2.45. The average molecular weight is 420 g/mol. The lowest BCUT2D eigenvalue weighted by Crippen LogP contribution is -2.31. The van der Waals surface area contributed by atoms with Crippen LogP contribution in [0.3, 0.4) is 0 Å². The molecule has 0 amide bonds. The van der Waals surface area contributed by atoms with E-state index in [0.29, 0.717) is 6.04 Å². The Balaban J connectivity index is 2.30. The van der Waals surface area contributed by atoms with Crippen LogP contribution in [0, 0.1) is 3.57 Å². The summed E-state index contributed by atoms with van der Waals surface area (Å²) in [6.07, 6.45) is 1.16. The predicted molar refractivity (Wildman–Crippen MR) is 99.1 cm³/mol. The van der Waals surface area contributed by atoms with Gasteiger partial charge in [-0.15, -0.1) is 11.6 Å². The monoisotopic (exact) mass is 419 g/mol. The van der Waals surface area contributed by atoms with Gasteiger partial charge in [-0.2, -0.15) is 0 Å². The van der Waals surface area contributed by atoms with Gasteiger partial charge in [-0.1, -0.05) is 6.92 Å². The standard InChI is InChI=1S/C16H23ClIN3/c1-5-11(2)20(4)8-9-21-15-7-6-13(18)10-14(15)19-16(21)12(3)17/h6-7,10-12H,5,8-9H2,1-4H3. The number of benzene rings is 1. The molecule has 116 valence electrons. The van der Waals surface area contributed by atoms with Gasteiger partial charge >= 0.3 is 0 Å². The van der Waals surface area contributed by atoms with Gasteiger partial charge in [-0.25, -0.2) is 4.98 Å². The van der Waals surface area contributed by atoms with Crippen LogP contribution < -0.4 is 0 Å². The molecule has 0 aliphatic heterocycles. The van der Waals surface area contributed by atoms with Gasteiger partial charge in [0.05, 0.1) is 16.4 Å². The number of hydrogen-bond acceptors (Lipinski definition) is 2. The number of aromatic nitrogens is 2. The number of likely N-dealkylation sites (N-methyl/N-ethyl adjacent to an activating group) is 1. The van der Waals surface area contributed by atoms with Crippen molar-refractivity contribution in [2.45, 2.75) is 45.2 Å². The fourth-order valence-corrected chi connectivity index (χ4v) is 3.09. The van der Waals surface area contributed by atoms with Crippen LogP contribution in [0.4, 0.5) is 0 Å². The molecule has 0 bridgehead atoms. The van der Waals surface area contributed by atoms with Crippen LogP contribution in [-0.4, -0.2) is 34.1 Å². The molecular weight excluding hydrogens is 397 g/mol. The zero-order valence-electron chi connectivity index (χ0n) is 13.1. The van der Waals surface area contributed by atoms with Crippen molar-refractivity contribution in [3.05, 3.63) is 27.6 Å². The van der Waals surface area contributed by atoms with Crippen LogP contribution in [0.2, 0.25) is 0 Å². The minimum absolute atomic E-state index is 0.0797. The molecule has 2 atom stereocenters. The number of rotatable bonds is 6. The lowest BCUT2D eigenvalue weighted by atomic mass is 10.2. The largest absolute Gasteiger partial charge is 0.325 e. The van der Waals surface area contributed by atoms with E-state index in [1.807, 2.05) is 6.92 Å². The zero-order chi connectivity index (χ0) is 15.6. The summed E-state index contributed by atoms with van der Waals surface area (Å²) in [5.41, 5.74) is 2.21. The highest BCUT2D eigenvalue weighted by Gasteiger charge is 2.16. The van der Waals surface area contributed by atoms with Gasteiger partial charge < -0.3 is 9.47 Å². The van der Waals surface area contributed by atoms with E-state index < -0.39 is 0 Å². The number of fused-ring (bicyclic) bond motifs is 1. The van der Waals surface area contributed by atoms with Crippen molar-refractivity contribution in [1.29, 1.82) is 0 Å². The topological polar surface area (TPSA) is 21.1 Å². The van der Waals surface area contributed by atoms with Crippen molar-refractivity contribution in [2.75, 3.05) is 13.6 Å². The van der Waals surface area contributed by atoms with Crippen molar-refractivity contribution in [3.8, 4) is 0 Å². The number of alkyl halides is 1. The minimum Gasteiger partial charge on any atom is -0.325 e. The van der Waals surface area contributed by atoms with E-state index in [1.54, 1.807) is 0 Å². The number of imidazole rings is 1. The van der Waals surface area contributed by atoms with Crippen LogP contribution in [0.1, 0.15) is 38.4 Å². The second kappa shape index (κ2) is 7.29. The maximum atomic E-state index is 6.33. The number of hydrogen-bond donors (Lipinski definition) is 0. The maximum absolute atomic E-state index is 6.33. The van der Waals surface area contributed by atoms with E-state index in [-0.39, 0.29) is 5.38 Å². The van der Waals surface area contributed by atoms with Crippen molar-refractivity contribution >= 4 is 45.2 Å². The van der Waals surface area contributed by atoms with Crippen molar-refractivity contribution in [3.63, 3.8) is 0 Å². The third kappa shape index (κ3) is 3.90. The summed E-state index contributed by atoms with van der Waals surface area (Å²) in [6, 6.07) is 6.99. The number of nitrogens with zero attached hydrogens (tertiary/aromatic N) is 3. The smallest absolute Gasteiger partial charge is 0.127 e. The van der Waals surface area contributed by atoms with Crippen LogP contribution in [0.15, 0.2) is 18.2 Å². The molecule has 0 spiro atoms. The van der Waals surface area contributed by atoms with E-state index in [0.717, 1.165) is 30.9 Å². The van der Waals surface area contributed by atoms with Crippen LogP contribution in [-0.2, 0) is 6.54 Å². The molecule has 3 nitrogen and oxygen atoms in total. The summed E-state index contributed by atoms with van der Waals surface area (Å²) in [6.45, 7) is 8.40. The van der Waals surface area contributed by atoms with Gasteiger partial charge in [-0.05, 0) is 68.1 Å². The summed E-state index contributed by atoms with van der Waals surface area (Å²) < 4.78 is 3.47. The SMILES string of the molecule is CCC(C)N(C)CCn1c(C(C)Cl)nc2cc(I)ccc21. The van der Waals surface area contributed by atoms with Gasteiger partial charge in [0, 0.05) is 22.7 Å².